The summed E-state index contributed by atoms with van der Waals surface area (Å²) in [6, 6.07) is 11.6. The third kappa shape index (κ3) is 3.48. The fourth-order valence-corrected chi connectivity index (χ4v) is 3.39. The van der Waals surface area contributed by atoms with E-state index < -0.39 is 5.97 Å². The van der Waals surface area contributed by atoms with Crippen molar-refractivity contribution in [3.05, 3.63) is 69.2 Å². The number of benzene rings is 2. The van der Waals surface area contributed by atoms with Crippen LogP contribution in [0.4, 0.5) is 5.69 Å². The Bertz CT molecular complexity index is 1140. The van der Waals surface area contributed by atoms with Crippen molar-refractivity contribution in [3.8, 4) is 0 Å². The molecule has 1 N–H and O–H groups in total. The van der Waals surface area contributed by atoms with E-state index in [2.05, 4.69) is 9.97 Å². The number of amides is 1. The molecule has 142 valence electrons. The summed E-state index contributed by atoms with van der Waals surface area (Å²) in [5.41, 5.74) is 0.995. The van der Waals surface area contributed by atoms with E-state index in [1.807, 2.05) is 0 Å². The minimum atomic E-state index is -0.597. The van der Waals surface area contributed by atoms with Crippen molar-refractivity contribution < 1.29 is 14.3 Å². The number of carbonyl (C=O) groups is 2. The molecule has 0 atom stereocenters. The molecule has 7 nitrogen and oxygen atoms in total. The van der Waals surface area contributed by atoms with Gasteiger partial charge in [-0.05, 0) is 36.8 Å². The van der Waals surface area contributed by atoms with Crippen molar-refractivity contribution in [1.82, 2.24) is 9.97 Å². The third-order valence-corrected chi connectivity index (χ3v) is 4.87. The lowest BCUT2D eigenvalue weighted by Gasteiger charge is -2.18. The highest BCUT2D eigenvalue weighted by molar-refractivity contribution is 6.34. The Labute approximate surface area is 164 Å². The van der Waals surface area contributed by atoms with Crippen LogP contribution in [0.2, 0.25) is 5.02 Å². The van der Waals surface area contributed by atoms with Gasteiger partial charge in [-0.2, -0.15) is 0 Å². The number of aromatic amines is 1. The molecule has 0 spiro atoms. The fraction of sp³-hybridized carbons (Fsp3) is 0.200. The number of halogens is 1. The lowest BCUT2D eigenvalue weighted by molar-refractivity contribution is -0.117. The van der Waals surface area contributed by atoms with Gasteiger partial charge in [0.25, 0.3) is 5.56 Å². The molecule has 3 aromatic rings. The number of nitrogens with zero attached hydrogens (tertiary/aromatic N) is 2. The number of H-pyrrole nitrogens is 1. The molecule has 0 aliphatic carbocycles. The van der Waals surface area contributed by atoms with Crippen LogP contribution in [-0.4, -0.2) is 28.4 Å². The van der Waals surface area contributed by atoms with Gasteiger partial charge in [-0.25, -0.2) is 9.78 Å². The van der Waals surface area contributed by atoms with Gasteiger partial charge in [0.05, 0.1) is 27.2 Å². The van der Waals surface area contributed by atoms with Gasteiger partial charge in [0.15, 0.2) is 0 Å². The zero-order valence-corrected chi connectivity index (χ0v) is 15.5. The first-order chi connectivity index (χ1) is 13.5. The lowest BCUT2D eigenvalue weighted by Crippen LogP contribution is -2.24. The van der Waals surface area contributed by atoms with E-state index in [0.29, 0.717) is 34.6 Å². The second-order valence-electron chi connectivity index (χ2n) is 6.42. The molecule has 2 aromatic carbocycles. The molecule has 1 fully saturated rings. The zero-order chi connectivity index (χ0) is 19.7. The number of hydrogen-bond acceptors (Lipinski definition) is 5. The number of para-hydroxylation sites is 1. The summed E-state index contributed by atoms with van der Waals surface area (Å²) in [7, 11) is 0. The Hall–Kier alpha value is -3.19. The van der Waals surface area contributed by atoms with Gasteiger partial charge >= 0.3 is 5.97 Å². The smallest absolute Gasteiger partial charge is 0.338 e. The highest BCUT2D eigenvalue weighted by Crippen LogP contribution is 2.30. The molecule has 8 heteroatoms. The molecule has 1 aliphatic heterocycles. The molecule has 1 amide bonds. The summed E-state index contributed by atoms with van der Waals surface area (Å²) in [6.07, 6.45) is 1.22. The van der Waals surface area contributed by atoms with Crippen LogP contribution in [0.25, 0.3) is 10.9 Å². The van der Waals surface area contributed by atoms with Gasteiger partial charge in [-0.15, -0.1) is 0 Å². The van der Waals surface area contributed by atoms with E-state index in [0.717, 1.165) is 6.42 Å². The Balaban J connectivity index is 1.53. The van der Waals surface area contributed by atoms with Crippen LogP contribution < -0.4 is 10.5 Å². The SMILES string of the molecule is O=C(OCc1nc2ccccc2c(=O)[nH]1)c1ccc(Cl)c(N2CCCC2=O)c1. The van der Waals surface area contributed by atoms with E-state index >= 15 is 0 Å². The van der Waals surface area contributed by atoms with Crippen molar-refractivity contribution in [1.29, 1.82) is 0 Å². The first-order valence-corrected chi connectivity index (χ1v) is 9.16. The van der Waals surface area contributed by atoms with Crippen LogP contribution in [0, 0.1) is 0 Å². The maximum absolute atomic E-state index is 12.4. The summed E-state index contributed by atoms with van der Waals surface area (Å²) in [5.74, 6) is -0.369. The highest BCUT2D eigenvalue weighted by atomic mass is 35.5. The van der Waals surface area contributed by atoms with Gasteiger partial charge in [-0.3, -0.25) is 9.59 Å². The molecule has 0 radical (unpaired) electrons. The predicted molar refractivity (Wildman–Crippen MR) is 105 cm³/mol. The first-order valence-electron chi connectivity index (χ1n) is 8.78. The molecule has 4 rings (SSSR count). The molecule has 2 heterocycles. The molecule has 28 heavy (non-hydrogen) atoms. The number of aromatic nitrogens is 2. The summed E-state index contributed by atoms with van der Waals surface area (Å²) in [5, 5.41) is 0.863. The number of hydrogen-bond donors (Lipinski definition) is 1. The maximum atomic E-state index is 12.4. The van der Waals surface area contributed by atoms with Crippen molar-refractivity contribution in [2.75, 3.05) is 11.4 Å². The van der Waals surface area contributed by atoms with E-state index in [1.165, 1.54) is 6.07 Å². The maximum Gasteiger partial charge on any atom is 0.338 e. The van der Waals surface area contributed by atoms with Crippen LogP contribution in [0.1, 0.15) is 29.0 Å². The molecular formula is C20H16ClN3O4. The van der Waals surface area contributed by atoms with Crippen molar-refractivity contribution in [2.24, 2.45) is 0 Å². The number of nitrogens with one attached hydrogen (secondary N) is 1. The summed E-state index contributed by atoms with van der Waals surface area (Å²) >= 11 is 6.20. The van der Waals surface area contributed by atoms with E-state index in [1.54, 1.807) is 41.3 Å². The molecule has 0 saturated carbocycles. The van der Waals surface area contributed by atoms with Crippen LogP contribution in [0.5, 0.6) is 0 Å². The Morgan fingerprint density at radius 3 is 2.82 bits per heavy atom. The summed E-state index contributed by atoms with van der Waals surface area (Å²) < 4.78 is 5.28. The molecule has 1 aromatic heterocycles. The van der Waals surface area contributed by atoms with E-state index in [-0.39, 0.29) is 29.5 Å². The van der Waals surface area contributed by atoms with Gasteiger partial charge in [0, 0.05) is 13.0 Å². The van der Waals surface area contributed by atoms with Gasteiger partial charge in [-0.1, -0.05) is 23.7 Å². The monoisotopic (exact) mass is 397 g/mol. The van der Waals surface area contributed by atoms with Crippen molar-refractivity contribution >= 4 is 40.1 Å². The predicted octanol–water partition coefficient (Wildman–Crippen LogP) is 3.06. The van der Waals surface area contributed by atoms with Crippen molar-refractivity contribution in [3.63, 3.8) is 0 Å². The minimum Gasteiger partial charge on any atom is -0.454 e. The molecule has 1 saturated heterocycles. The van der Waals surface area contributed by atoms with Crippen LogP contribution in [-0.2, 0) is 16.1 Å². The largest absolute Gasteiger partial charge is 0.454 e. The normalized spacial score (nSPS) is 13.9. The zero-order valence-electron chi connectivity index (χ0n) is 14.8. The minimum absolute atomic E-state index is 0.0228. The second kappa shape index (κ2) is 7.44. The van der Waals surface area contributed by atoms with Crippen LogP contribution in [0.3, 0.4) is 0 Å². The summed E-state index contributed by atoms with van der Waals surface area (Å²) in [6.45, 7) is 0.388. The quantitative estimate of drug-likeness (QED) is 0.683. The molecule has 0 unspecified atom stereocenters. The first kappa shape index (κ1) is 18.2. The number of rotatable bonds is 4. The number of fused-ring (bicyclic) bond motifs is 1. The highest BCUT2D eigenvalue weighted by Gasteiger charge is 2.24. The number of esters is 1. The standard InChI is InChI=1S/C20H16ClN3O4/c21-14-8-7-12(10-16(14)24-9-3-6-18(24)25)20(27)28-11-17-22-15-5-2-1-4-13(15)19(26)23-17/h1-2,4-5,7-8,10H,3,6,9,11H2,(H,22,23,26). The third-order valence-electron chi connectivity index (χ3n) is 4.55. The lowest BCUT2D eigenvalue weighted by atomic mass is 10.2. The number of carbonyl (C=O) groups excluding carboxylic acids is 2. The topological polar surface area (TPSA) is 92.4 Å². The van der Waals surface area contributed by atoms with Crippen molar-refractivity contribution in [2.45, 2.75) is 19.4 Å². The van der Waals surface area contributed by atoms with E-state index in [4.69, 9.17) is 16.3 Å². The molecular weight excluding hydrogens is 382 g/mol. The van der Waals surface area contributed by atoms with Gasteiger partial charge in [0.1, 0.15) is 12.4 Å². The van der Waals surface area contributed by atoms with Gasteiger partial charge in [0.2, 0.25) is 5.91 Å². The number of anilines is 1. The van der Waals surface area contributed by atoms with E-state index in [9.17, 15) is 14.4 Å². The average Bonchev–Trinajstić information content (AvgIpc) is 3.12. The Kier molecular flexibility index (Phi) is 4.83. The number of ether oxygens (including phenoxy) is 1. The van der Waals surface area contributed by atoms with Gasteiger partial charge < -0.3 is 14.6 Å². The molecule has 0 bridgehead atoms. The Morgan fingerprint density at radius 1 is 1.21 bits per heavy atom. The second-order valence-corrected chi connectivity index (χ2v) is 6.83. The summed E-state index contributed by atoms with van der Waals surface area (Å²) in [4.78, 5) is 45.0. The fourth-order valence-electron chi connectivity index (χ4n) is 3.17. The average molecular weight is 398 g/mol. The Morgan fingerprint density at radius 2 is 2.04 bits per heavy atom. The molecule has 1 aliphatic rings. The van der Waals surface area contributed by atoms with Crippen LogP contribution in [0.15, 0.2) is 47.3 Å². The van der Waals surface area contributed by atoms with Crippen LogP contribution >= 0.6 is 11.6 Å².